The fourth-order valence-electron chi connectivity index (χ4n) is 3.60. The van der Waals surface area contributed by atoms with Crippen LogP contribution >= 0.6 is 0 Å². The molecule has 1 radical (unpaired) electrons. The third-order valence-corrected chi connectivity index (χ3v) is 9.50. The van der Waals surface area contributed by atoms with Gasteiger partial charge in [0.25, 0.3) is 0 Å². The van der Waals surface area contributed by atoms with Gasteiger partial charge in [-0.2, -0.15) is 46.5 Å². The van der Waals surface area contributed by atoms with Crippen molar-refractivity contribution in [1.29, 1.82) is 0 Å². The quantitative estimate of drug-likeness (QED) is 0.241. The average Bonchev–Trinajstić information content (AvgIpc) is 3.49. The van der Waals surface area contributed by atoms with Crippen LogP contribution < -0.4 is 24.8 Å². The maximum atomic E-state index is 2.38. The Kier molecular flexibility index (Phi) is 29.4. The topological polar surface area (TPSA) is 0 Å². The fraction of sp³-hybridized carbons (Fsp3) is 0.688. The molecule has 2 aromatic carbocycles. The van der Waals surface area contributed by atoms with Crippen molar-refractivity contribution in [2.45, 2.75) is 144 Å². The van der Waals surface area contributed by atoms with Crippen molar-refractivity contribution in [3.63, 3.8) is 0 Å². The van der Waals surface area contributed by atoms with Crippen LogP contribution in [0.5, 0.6) is 0 Å². The van der Waals surface area contributed by atoms with Gasteiger partial charge in [0.1, 0.15) is 0 Å². The Bertz CT molecular complexity index is 659. The zero-order valence-corrected chi connectivity index (χ0v) is 31.8. The molecule has 0 aliphatic heterocycles. The Morgan fingerprint density at radius 2 is 0.889 bits per heavy atom. The molecule has 0 bridgehead atoms. The standard InChI is InChI=1S/2C12H19.C8H19Si.2ClH.Hf/c2*1-5-10(4)12-7-6-11(8-12)9(2)3;1-5-7(3)9-8(4)6-2;;;/h2*6-10H,5H2,1-4H3;7-9H,5-6H2,1-4H3;2*1H;/q2*-1;;;;+4/p-2. The monoisotopic (exact) mass is 719 g/mol. The van der Waals surface area contributed by atoms with Crippen molar-refractivity contribution in [2.75, 3.05) is 0 Å². The van der Waals surface area contributed by atoms with E-state index in [1.807, 2.05) is 0 Å². The van der Waals surface area contributed by atoms with E-state index in [1.54, 1.807) is 0 Å². The molecule has 0 aromatic heterocycles. The predicted molar refractivity (Wildman–Crippen MR) is 156 cm³/mol. The molecule has 4 unspecified atom stereocenters. The van der Waals surface area contributed by atoms with Crippen LogP contribution in [0.15, 0.2) is 36.4 Å². The van der Waals surface area contributed by atoms with Gasteiger partial charge in [-0.05, 0) is 11.8 Å². The molecule has 0 saturated heterocycles. The van der Waals surface area contributed by atoms with Gasteiger partial charge >= 0.3 is 25.8 Å². The van der Waals surface area contributed by atoms with Gasteiger partial charge in [-0.1, -0.05) is 132 Å². The molecule has 0 nitrogen and oxygen atoms in total. The first-order valence-electron chi connectivity index (χ1n) is 13.9. The molecule has 0 fully saturated rings. The first-order chi connectivity index (χ1) is 15.5. The molecular weight excluding hydrogens is 662 g/mol. The van der Waals surface area contributed by atoms with E-state index in [1.165, 1.54) is 47.9 Å². The van der Waals surface area contributed by atoms with Gasteiger partial charge in [-0.3, -0.25) is 0 Å². The molecule has 2 rings (SSSR count). The largest absolute Gasteiger partial charge is 4.00 e. The molecule has 0 aliphatic carbocycles. The molecule has 0 aliphatic rings. The summed E-state index contributed by atoms with van der Waals surface area (Å²) in [5, 5.41) is 0. The van der Waals surface area contributed by atoms with E-state index >= 15 is 0 Å². The summed E-state index contributed by atoms with van der Waals surface area (Å²) >= 11 is 0. The van der Waals surface area contributed by atoms with E-state index in [0.29, 0.717) is 11.8 Å². The fourth-order valence-corrected chi connectivity index (χ4v) is 5.26. The maximum absolute atomic E-state index is 2.38. The van der Waals surface area contributed by atoms with Crippen molar-refractivity contribution < 1.29 is 50.7 Å². The van der Waals surface area contributed by atoms with Crippen LogP contribution in [-0.2, 0) is 25.8 Å². The van der Waals surface area contributed by atoms with Crippen LogP contribution in [0.25, 0.3) is 0 Å². The summed E-state index contributed by atoms with van der Waals surface area (Å²) in [7, 11) is 0.720. The second-order valence-corrected chi connectivity index (χ2v) is 13.5. The molecule has 4 heteroatoms. The summed E-state index contributed by atoms with van der Waals surface area (Å²) in [6.45, 7) is 27.4. The molecule has 0 spiro atoms. The number of rotatable bonds is 10. The molecule has 2 aromatic rings. The van der Waals surface area contributed by atoms with Crippen LogP contribution in [-0.4, -0.2) is 9.52 Å². The van der Waals surface area contributed by atoms with Crippen LogP contribution in [0, 0.1) is 0 Å². The summed E-state index contributed by atoms with van der Waals surface area (Å²) in [6.07, 6.45) is 5.22. The average molecular weight is 719 g/mol. The zero-order chi connectivity index (χ0) is 25.6. The van der Waals surface area contributed by atoms with E-state index in [2.05, 4.69) is 119 Å². The van der Waals surface area contributed by atoms with E-state index in [0.717, 1.165) is 32.4 Å². The third-order valence-electron chi connectivity index (χ3n) is 7.24. The van der Waals surface area contributed by atoms with Crippen LogP contribution in [0.2, 0.25) is 11.1 Å². The Morgan fingerprint density at radius 1 is 0.583 bits per heavy atom. The summed E-state index contributed by atoms with van der Waals surface area (Å²) < 4.78 is 0. The summed E-state index contributed by atoms with van der Waals surface area (Å²) in [4.78, 5) is 0. The van der Waals surface area contributed by atoms with Gasteiger partial charge in [-0.15, -0.1) is 0 Å². The van der Waals surface area contributed by atoms with Gasteiger partial charge < -0.3 is 24.8 Å². The number of hydrogen-bond acceptors (Lipinski definition) is 0. The zero-order valence-electron chi connectivity index (χ0n) is 25.6. The van der Waals surface area contributed by atoms with E-state index < -0.39 is 0 Å². The first kappa shape index (κ1) is 43.4. The van der Waals surface area contributed by atoms with Crippen molar-refractivity contribution >= 4 is 9.52 Å². The van der Waals surface area contributed by atoms with E-state index in [-0.39, 0.29) is 50.7 Å². The molecule has 0 amide bonds. The van der Waals surface area contributed by atoms with Gasteiger partial charge in [0.15, 0.2) is 0 Å². The van der Waals surface area contributed by atoms with Gasteiger partial charge in [0.05, 0.1) is 0 Å². The minimum Gasteiger partial charge on any atom is -1.00 e. The summed E-state index contributed by atoms with van der Waals surface area (Å²) in [5.74, 6) is 2.78. The predicted octanol–water partition coefficient (Wildman–Crippen LogP) is 4.95. The molecule has 207 valence electrons. The molecule has 0 heterocycles. The maximum Gasteiger partial charge on any atom is 4.00 e. The van der Waals surface area contributed by atoms with Gasteiger partial charge in [0, 0.05) is 9.52 Å². The van der Waals surface area contributed by atoms with Crippen LogP contribution in [0.3, 0.4) is 0 Å². The summed E-state index contributed by atoms with van der Waals surface area (Å²) in [5.41, 5.74) is 7.98. The van der Waals surface area contributed by atoms with Crippen molar-refractivity contribution in [1.82, 2.24) is 0 Å². The number of halogens is 2. The normalized spacial score (nSPS) is 13.5. The van der Waals surface area contributed by atoms with Crippen LogP contribution in [0.1, 0.15) is 155 Å². The molecule has 4 atom stereocenters. The van der Waals surface area contributed by atoms with Gasteiger partial charge in [-0.25, -0.2) is 12.1 Å². The second-order valence-electron chi connectivity index (χ2n) is 10.8. The van der Waals surface area contributed by atoms with E-state index in [9.17, 15) is 0 Å². The minimum atomic E-state index is 0. The Morgan fingerprint density at radius 3 is 1.08 bits per heavy atom. The number of hydrogen-bond donors (Lipinski definition) is 0. The first-order valence-corrected chi connectivity index (χ1v) is 15.2. The molecule has 0 N–H and O–H groups in total. The van der Waals surface area contributed by atoms with Crippen molar-refractivity contribution in [3.8, 4) is 0 Å². The Hall–Kier alpha value is 0.367. The second kappa shape index (κ2) is 24.4. The minimum absolute atomic E-state index is 0. The van der Waals surface area contributed by atoms with Crippen molar-refractivity contribution in [2.24, 2.45) is 0 Å². The molecular formula is C32H57Cl2HfSi. The van der Waals surface area contributed by atoms with Crippen LogP contribution in [0.4, 0.5) is 0 Å². The molecule has 0 saturated carbocycles. The summed E-state index contributed by atoms with van der Waals surface area (Å²) in [6, 6.07) is 13.7. The van der Waals surface area contributed by atoms with E-state index in [4.69, 9.17) is 0 Å². The van der Waals surface area contributed by atoms with Crippen molar-refractivity contribution in [3.05, 3.63) is 58.7 Å². The SMILES string of the molecule is CCC(C)[SiH]C(C)CC.CCC(C)c1c[cH-]c(C(C)C)c1.CCC(C)c1c[cH-]c(C(C)C)c1.[Cl-].[Cl-].[Hf+4]. The Balaban J connectivity index is -0.000000207. The smallest absolute Gasteiger partial charge is 1.00 e. The van der Waals surface area contributed by atoms with Gasteiger partial charge in [0.2, 0.25) is 0 Å². The Labute approximate surface area is 260 Å². The third kappa shape index (κ3) is 17.8. The molecule has 36 heavy (non-hydrogen) atoms.